The van der Waals surface area contributed by atoms with Crippen LogP contribution in [0.5, 0.6) is 0 Å². The molecule has 98 valence electrons. The summed E-state index contributed by atoms with van der Waals surface area (Å²) in [5.41, 5.74) is 0. The number of aromatic nitrogens is 2. The molecule has 1 N–H and O–H groups in total. The molecular weight excluding hydrogens is 262 g/mol. The van der Waals surface area contributed by atoms with Crippen molar-refractivity contribution in [3.8, 4) is 0 Å². The van der Waals surface area contributed by atoms with Gasteiger partial charge in [0.25, 0.3) is 0 Å². The summed E-state index contributed by atoms with van der Waals surface area (Å²) in [5.74, 6) is 1.35. The van der Waals surface area contributed by atoms with Crippen molar-refractivity contribution in [2.45, 2.75) is 38.0 Å². The van der Waals surface area contributed by atoms with E-state index >= 15 is 0 Å². The van der Waals surface area contributed by atoms with E-state index in [9.17, 15) is 0 Å². The molecule has 0 saturated heterocycles. The van der Waals surface area contributed by atoms with Gasteiger partial charge in [-0.15, -0.1) is 23.1 Å². The quantitative estimate of drug-likeness (QED) is 0.674. The molecule has 18 heavy (non-hydrogen) atoms. The third-order valence-corrected chi connectivity index (χ3v) is 5.34. The van der Waals surface area contributed by atoms with Crippen LogP contribution in [-0.2, 0) is 0 Å². The van der Waals surface area contributed by atoms with Gasteiger partial charge in [0.2, 0.25) is 5.95 Å². The first-order valence-corrected chi connectivity index (χ1v) is 7.83. The smallest absolute Gasteiger partial charge is 0.224 e. The van der Waals surface area contributed by atoms with E-state index in [0.29, 0.717) is 17.1 Å². The predicted octanol–water partition coefficient (Wildman–Crippen LogP) is 4.18. The number of hydrogen-bond acceptors (Lipinski definition) is 5. The number of anilines is 1. The molecule has 1 atom stereocenters. The monoisotopic (exact) mass is 281 g/mol. The number of hydrogen-bond donors (Lipinski definition) is 1. The highest BCUT2D eigenvalue weighted by Crippen LogP contribution is 2.35. The second-order valence-electron chi connectivity index (χ2n) is 4.75. The van der Waals surface area contributed by atoms with E-state index in [-0.39, 0.29) is 0 Å². The molecule has 0 bridgehead atoms. The second-order valence-corrected chi connectivity index (χ2v) is 7.35. The van der Waals surface area contributed by atoms with Gasteiger partial charge in [-0.05, 0) is 18.9 Å². The zero-order chi connectivity index (χ0) is 13.3. The first-order chi connectivity index (χ1) is 8.51. The highest BCUT2D eigenvalue weighted by molar-refractivity contribution is 8.00. The molecule has 1 unspecified atom stereocenters. The van der Waals surface area contributed by atoms with E-state index in [0.717, 1.165) is 9.86 Å². The van der Waals surface area contributed by atoms with E-state index in [1.54, 1.807) is 11.3 Å². The van der Waals surface area contributed by atoms with E-state index < -0.39 is 0 Å². The molecule has 0 spiro atoms. The third-order valence-electron chi connectivity index (χ3n) is 2.94. The molecule has 2 aromatic rings. The van der Waals surface area contributed by atoms with Crippen LogP contribution in [0.2, 0.25) is 0 Å². The van der Waals surface area contributed by atoms with Crippen LogP contribution in [0.4, 0.5) is 5.95 Å². The second kappa shape index (κ2) is 5.45. The largest absolute Gasteiger partial charge is 0.357 e. The Morgan fingerprint density at radius 1 is 1.28 bits per heavy atom. The minimum absolute atomic E-state index is 0.549. The van der Waals surface area contributed by atoms with Gasteiger partial charge in [0.1, 0.15) is 9.86 Å². The van der Waals surface area contributed by atoms with Crippen LogP contribution in [0, 0.1) is 12.8 Å². The predicted molar refractivity (Wildman–Crippen MR) is 81.9 cm³/mol. The number of nitrogens with zero attached hydrogens (tertiary/aromatic N) is 2. The lowest BCUT2D eigenvalue weighted by Crippen LogP contribution is -2.06. The number of thiophene rings is 1. The molecule has 2 rings (SSSR count). The number of thioether (sulfide) groups is 1. The fourth-order valence-corrected chi connectivity index (χ4v) is 3.52. The van der Waals surface area contributed by atoms with Crippen LogP contribution in [0.25, 0.3) is 10.2 Å². The summed E-state index contributed by atoms with van der Waals surface area (Å²) in [4.78, 5) is 11.5. The topological polar surface area (TPSA) is 37.8 Å². The normalized spacial score (nSPS) is 13.2. The maximum absolute atomic E-state index is 4.60. The lowest BCUT2D eigenvalue weighted by atomic mass is 10.2. The molecule has 3 nitrogen and oxygen atoms in total. The molecule has 0 fully saturated rings. The van der Waals surface area contributed by atoms with Crippen molar-refractivity contribution in [3.05, 3.63) is 10.9 Å². The van der Waals surface area contributed by atoms with Crippen LogP contribution < -0.4 is 5.32 Å². The molecule has 0 aliphatic heterocycles. The van der Waals surface area contributed by atoms with Crippen LogP contribution in [-0.4, -0.2) is 22.3 Å². The summed E-state index contributed by atoms with van der Waals surface area (Å²) in [6, 6.07) is 2.19. The minimum Gasteiger partial charge on any atom is -0.357 e. The van der Waals surface area contributed by atoms with Crippen molar-refractivity contribution in [1.29, 1.82) is 0 Å². The van der Waals surface area contributed by atoms with Gasteiger partial charge >= 0.3 is 0 Å². The van der Waals surface area contributed by atoms with Crippen molar-refractivity contribution < 1.29 is 0 Å². The summed E-state index contributed by atoms with van der Waals surface area (Å²) in [5, 5.41) is 5.87. The fourth-order valence-electron chi connectivity index (χ4n) is 1.53. The lowest BCUT2D eigenvalue weighted by molar-refractivity contribution is 0.642. The van der Waals surface area contributed by atoms with Gasteiger partial charge < -0.3 is 5.32 Å². The van der Waals surface area contributed by atoms with E-state index in [4.69, 9.17) is 0 Å². The van der Waals surface area contributed by atoms with Gasteiger partial charge in [-0.1, -0.05) is 20.8 Å². The van der Waals surface area contributed by atoms with Crippen molar-refractivity contribution in [2.75, 3.05) is 12.4 Å². The van der Waals surface area contributed by atoms with Crippen molar-refractivity contribution >= 4 is 39.3 Å². The molecule has 0 radical (unpaired) electrons. The Morgan fingerprint density at radius 2 is 2.00 bits per heavy atom. The maximum Gasteiger partial charge on any atom is 0.224 e. The molecule has 0 saturated carbocycles. The van der Waals surface area contributed by atoms with Gasteiger partial charge in [0, 0.05) is 22.6 Å². The summed E-state index contributed by atoms with van der Waals surface area (Å²) in [6.45, 7) is 8.86. The lowest BCUT2D eigenvalue weighted by Gasteiger charge is -2.15. The SMILES string of the molecule is CNc1nc(SC(C)C(C)C)c2cc(C)sc2n1. The Kier molecular flexibility index (Phi) is 4.12. The molecule has 5 heteroatoms. The van der Waals surface area contributed by atoms with Crippen LogP contribution in [0.1, 0.15) is 25.6 Å². The van der Waals surface area contributed by atoms with Crippen molar-refractivity contribution in [3.63, 3.8) is 0 Å². The number of nitrogens with one attached hydrogen (secondary N) is 1. The summed E-state index contributed by atoms with van der Waals surface area (Å²) in [6.07, 6.45) is 0. The van der Waals surface area contributed by atoms with Crippen molar-refractivity contribution in [1.82, 2.24) is 9.97 Å². The number of aryl methyl sites for hydroxylation is 1. The molecule has 2 aromatic heterocycles. The van der Waals surface area contributed by atoms with E-state index in [1.807, 2.05) is 18.8 Å². The summed E-state index contributed by atoms with van der Waals surface area (Å²) >= 11 is 3.57. The average Bonchev–Trinajstić information content (AvgIpc) is 2.69. The Bertz CT molecular complexity index is 548. The zero-order valence-electron chi connectivity index (χ0n) is 11.4. The number of rotatable bonds is 4. The molecule has 0 aliphatic carbocycles. The molecular formula is C13H19N3S2. The molecule has 0 aliphatic rings. The molecule has 0 amide bonds. The van der Waals surface area contributed by atoms with Crippen molar-refractivity contribution in [2.24, 2.45) is 5.92 Å². The van der Waals surface area contributed by atoms with E-state index in [1.165, 1.54) is 10.3 Å². The Hall–Kier alpha value is -0.810. The standard InChI is InChI=1S/C13H19N3S2/c1-7(2)9(4)18-12-10-6-8(3)17-11(10)15-13(14-5)16-12/h6-7,9H,1-5H3,(H,14,15,16). The highest BCUT2D eigenvalue weighted by Gasteiger charge is 2.15. The van der Waals surface area contributed by atoms with Crippen LogP contribution >= 0.6 is 23.1 Å². The van der Waals surface area contributed by atoms with Crippen LogP contribution in [0.15, 0.2) is 11.1 Å². The minimum atomic E-state index is 0.549. The first kappa shape index (κ1) is 13.6. The fraction of sp³-hybridized carbons (Fsp3) is 0.538. The molecule has 2 heterocycles. The van der Waals surface area contributed by atoms with Gasteiger partial charge in [-0.25, -0.2) is 9.97 Å². The van der Waals surface area contributed by atoms with Crippen LogP contribution in [0.3, 0.4) is 0 Å². The zero-order valence-corrected chi connectivity index (χ0v) is 13.1. The van der Waals surface area contributed by atoms with Gasteiger partial charge in [-0.2, -0.15) is 0 Å². The Labute approximate surface area is 116 Å². The Balaban J connectivity index is 2.46. The Morgan fingerprint density at radius 3 is 2.61 bits per heavy atom. The number of fused-ring (bicyclic) bond motifs is 1. The maximum atomic E-state index is 4.60. The summed E-state index contributed by atoms with van der Waals surface area (Å²) in [7, 11) is 1.86. The van der Waals surface area contributed by atoms with Gasteiger partial charge in [-0.3, -0.25) is 0 Å². The first-order valence-electron chi connectivity index (χ1n) is 6.14. The van der Waals surface area contributed by atoms with Gasteiger partial charge in [0.15, 0.2) is 0 Å². The summed E-state index contributed by atoms with van der Waals surface area (Å²) < 4.78 is 0. The average molecular weight is 281 g/mol. The highest BCUT2D eigenvalue weighted by atomic mass is 32.2. The van der Waals surface area contributed by atoms with E-state index in [2.05, 4.69) is 49.0 Å². The molecule has 0 aromatic carbocycles. The third kappa shape index (κ3) is 2.78. The van der Waals surface area contributed by atoms with Gasteiger partial charge in [0.05, 0.1) is 0 Å².